The first-order chi connectivity index (χ1) is 8.72. The second-order valence-electron chi connectivity index (χ2n) is 3.44. The molecule has 0 aliphatic heterocycles. The molecule has 0 aliphatic carbocycles. The van der Waals surface area contributed by atoms with Crippen molar-refractivity contribution < 1.29 is 26.6 Å². The van der Waals surface area contributed by atoms with Gasteiger partial charge in [0.25, 0.3) is 5.88 Å². The number of hydrogen-bond donors (Lipinski definition) is 0. The smallest absolute Gasteiger partial charge is 0.462 e. The van der Waals surface area contributed by atoms with Gasteiger partial charge in [0, 0.05) is 0 Å². The van der Waals surface area contributed by atoms with Gasteiger partial charge in [-0.3, -0.25) is 0 Å². The summed E-state index contributed by atoms with van der Waals surface area (Å²) in [6, 6.07) is 1.54. The maximum absolute atomic E-state index is 11.5. The first kappa shape index (κ1) is 17.5. The van der Waals surface area contributed by atoms with Gasteiger partial charge in [-0.2, -0.15) is 4.57 Å². The molecule has 1 rings (SSSR count). The molecule has 4 nitrogen and oxygen atoms in total. The number of aryl methyl sites for hydroxylation is 2. The molecule has 0 unspecified atom stereocenters. The largest absolute Gasteiger partial charge is 0.673 e. The van der Waals surface area contributed by atoms with Crippen LogP contribution < -0.4 is 14.9 Å². The number of rotatable bonds is 4. The van der Waals surface area contributed by atoms with Gasteiger partial charge in [0.05, 0.1) is 19.7 Å². The molecule has 1 heterocycles. The Morgan fingerprint density at radius 3 is 2.16 bits per heavy atom. The van der Waals surface area contributed by atoms with E-state index in [0.29, 0.717) is 19.0 Å². The summed E-state index contributed by atoms with van der Waals surface area (Å²) in [7, 11) is -6.00. The summed E-state index contributed by atoms with van der Waals surface area (Å²) in [6.07, 6.45) is 1.80. The highest BCUT2D eigenvalue weighted by atomic mass is 19.5. The zero-order chi connectivity index (χ0) is 15.1. The van der Waals surface area contributed by atoms with E-state index in [1.54, 1.807) is 10.9 Å². The molecule has 0 spiro atoms. The van der Waals surface area contributed by atoms with E-state index in [1.165, 1.54) is 6.07 Å². The van der Waals surface area contributed by atoms with Crippen molar-refractivity contribution in [1.82, 2.24) is 4.57 Å². The molecular formula is C10H17BF4N2O2. The number of ether oxygens (including phenoxy) is 1. The normalized spacial score (nSPS) is 10.7. The fourth-order valence-corrected chi connectivity index (χ4v) is 1.30. The molecule has 0 saturated heterocycles. The molecule has 0 amide bonds. The molecule has 19 heavy (non-hydrogen) atoms. The first-order valence-corrected chi connectivity index (χ1v) is 5.86. The van der Waals surface area contributed by atoms with Gasteiger partial charge in [-0.1, -0.05) is 0 Å². The number of aromatic nitrogens is 2. The molecule has 110 valence electrons. The summed E-state index contributed by atoms with van der Waals surface area (Å²) in [5.74, 6) is 0.643. The Bertz CT molecular complexity index is 442. The Morgan fingerprint density at radius 2 is 1.79 bits per heavy atom. The van der Waals surface area contributed by atoms with Gasteiger partial charge in [0.15, 0.2) is 0 Å². The van der Waals surface area contributed by atoms with E-state index in [-0.39, 0.29) is 5.56 Å². The molecule has 0 aliphatic rings. The predicted octanol–water partition coefficient (Wildman–Crippen LogP) is 1.87. The lowest BCUT2D eigenvalue weighted by Gasteiger charge is -2.06. The number of hydrogen-bond acceptors (Lipinski definition) is 2. The zero-order valence-corrected chi connectivity index (χ0v) is 11.1. The highest BCUT2D eigenvalue weighted by Crippen LogP contribution is 2.06. The molecule has 0 N–H and O–H groups in total. The van der Waals surface area contributed by atoms with Crippen molar-refractivity contribution in [2.24, 2.45) is 0 Å². The van der Waals surface area contributed by atoms with Gasteiger partial charge in [0.2, 0.25) is 6.33 Å². The summed E-state index contributed by atoms with van der Waals surface area (Å²) in [6.45, 7) is 7.94. The quantitative estimate of drug-likeness (QED) is 0.480. The van der Waals surface area contributed by atoms with Crippen LogP contribution in [0.25, 0.3) is 0 Å². The Labute approximate surface area is 108 Å². The lowest BCUT2D eigenvalue weighted by molar-refractivity contribution is -0.703. The third kappa shape index (κ3) is 7.48. The summed E-state index contributed by atoms with van der Waals surface area (Å²) >= 11 is 0. The van der Waals surface area contributed by atoms with Crippen LogP contribution in [0.2, 0.25) is 0 Å². The standard InChI is InChI=1S/C10H17N2O2.BF4/c1-4-11-8-12(5-2)10(14-6-3)7-9(11)13;2-1(3,4)5/h7-8H,4-6H2,1-3H3;/q+1;-1. The highest BCUT2D eigenvalue weighted by molar-refractivity contribution is 6.50. The molecule has 1 aromatic heterocycles. The average molecular weight is 284 g/mol. The van der Waals surface area contributed by atoms with Crippen LogP contribution in [0.1, 0.15) is 20.8 Å². The van der Waals surface area contributed by atoms with Crippen LogP contribution in [0.3, 0.4) is 0 Å². The Morgan fingerprint density at radius 1 is 1.26 bits per heavy atom. The van der Waals surface area contributed by atoms with Crippen molar-refractivity contribution in [2.45, 2.75) is 33.9 Å². The molecule has 0 saturated carbocycles. The third-order valence-electron chi connectivity index (χ3n) is 2.07. The van der Waals surface area contributed by atoms with Crippen molar-refractivity contribution in [3.63, 3.8) is 0 Å². The number of halogens is 4. The van der Waals surface area contributed by atoms with Crippen LogP contribution in [0.5, 0.6) is 5.88 Å². The second kappa shape index (κ2) is 7.80. The first-order valence-electron chi connectivity index (χ1n) is 5.86. The van der Waals surface area contributed by atoms with E-state index in [4.69, 9.17) is 4.74 Å². The lowest BCUT2D eigenvalue weighted by atomic mass is 10.3. The summed E-state index contributed by atoms with van der Waals surface area (Å²) in [5, 5.41) is 0. The average Bonchev–Trinajstić information content (AvgIpc) is 2.27. The van der Waals surface area contributed by atoms with Crippen molar-refractivity contribution in [3.05, 3.63) is 22.7 Å². The number of nitrogens with zero attached hydrogens (tertiary/aromatic N) is 2. The zero-order valence-electron chi connectivity index (χ0n) is 11.1. The van der Waals surface area contributed by atoms with Gasteiger partial charge in [0.1, 0.15) is 6.07 Å². The molecular weight excluding hydrogens is 267 g/mol. The van der Waals surface area contributed by atoms with Gasteiger partial charge >= 0.3 is 12.8 Å². The molecule has 1 aromatic rings. The van der Waals surface area contributed by atoms with E-state index in [1.807, 2.05) is 25.3 Å². The maximum Gasteiger partial charge on any atom is 0.673 e. The van der Waals surface area contributed by atoms with Crippen molar-refractivity contribution >= 4 is 7.25 Å². The van der Waals surface area contributed by atoms with Crippen LogP contribution in [0, 0.1) is 0 Å². The van der Waals surface area contributed by atoms with Crippen molar-refractivity contribution in [3.8, 4) is 5.88 Å². The van der Waals surface area contributed by atoms with Gasteiger partial charge in [-0.15, -0.1) is 0 Å². The summed E-state index contributed by atoms with van der Waals surface area (Å²) in [5.41, 5.74) is -0.0133. The van der Waals surface area contributed by atoms with Crippen molar-refractivity contribution in [1.29, 1.82) is 0 Å². The van der Waals surface area contributed by atoms with Crippen molar-refractivity contribution in [2.75, 3.05) is 6.61 Å². The van der Waals surface area contributed by atoms with E-state index >= 15 is 0 Å². The van der Waals surface area contributed by atoms with E-state index in [0.717, 1.165) is 6.54 Å². The van der Waals surface area contributed by atoms with E-state index in [9.17, 15) is 22.1 Å². The third-order valence-corrected chi connectivity index (χ3v) is 2.07. The van der Waals surface area contributed by atoms with Gasteiger partial charge < -0.3 is 22.0 Å². The topological polar surface area (TPSA) is 35.1 Å². The van der Waals surface area contributed by atoms with Gasteiger partial charge in [-0.25, -0.2) is 9.36 Å². The Balaban J connectivity index is 0.000000555. The molecule has 0 aromatic carbocycles. The lowest BCUT2D eigenvalue weighted by Crippen LogP contribution is -2.40. The molecule has 0 fully saturated rings. The van der Waals surface area contributed by atoms with Crippen LogP contribution >= 0.6 is 0 Å². The summed E-state index contributed by atoms with van der Waals surface area (Å²) < 4.78 is 47.9. The van der Waals surface area contributed by atoms with E-state index in [2.05, 4.69) is 0 Å². The molecule has 9 heteroatoms. The minimum Gasteiger partial charge on any atom is -0.462 e. The maximum atomic E-state index is 11.5. The minimum absolute atomic E-state index is 0.0133. The van der Waals surface area contributed by atoms with Crippen LogP contribution in [-0.2, 0) is 13.1 Å². The molecule has 0 atom stereocenters. The fraction of sp³-hybridized carbons (Fsp3) is 0.600. The fourth-order valence-electron chi connectivity index (χ4n) is 1.30. The minimum atomic E-state index is -6.00. The second-order valence-corrected chi connectivity index (χ2v) is 3.44. The molecule has 0 bridgehead atoms. The predicted molar refractivity (Wildman–Crippen MR) is 63.6 cm³/mol. The highest BCUT2D eigenvalue weighted by Gasteiger charge is 2.20. The summed E-state index contributed by atoms with van der Waals surface area (Å²) in [4.78, 5) is 11.5. The van der Waals surface area contributed by atoms with Crippen LogP contribution in [-0.4, -0.2) is 18.4 Å². The van der Waals surface area contributed by atoms with Gasteiger partial charge in [-0.05, 0) is 20.8 Å². The van der Waals surface area contributed by atoms with Crippen LogP contribution in [0.4, 0.5) is 17.3 Å². The SMILES string of the molecule is CCOc1cc(=O)n(CC)c[n+]1CC.F[B-](F)(F)F. The monoisotopic (exact) mass is 284 g/mol. The Kier molecular flexibility index (Phi) is 7.17. The van der Waals surface area contributed by atoms with Crippen LogP contribution in [0.15, 0.2) is 17.2 Å². The Hall–Kier alpha value is -1.54. The van der Waals surface area contributed by atoms with E-state index < -0.39 is 7.25 Å². The molecule has 0 radical (unpaired) electrons.